The fourth-order valence-electron chi connectivity index (χ4n) is 9.61. The summed E-state index contributed by atoms with van der Waals surface area (Å²) in [5.74, 6) is 1.95. The summed E-state index contributed by atoms with van der Waals surface area (Å²) in [6.07, 6.45) is 4.80. The largest absolute Gasteiger partial charge is 0.291 e. The van der Waals surface area contributed by atoms with Gasteiger partial charge in [0.05, 0.1) is 22.8 Å². The number of nitrogens with zero attached hydrogens (tertiary/aromatic N) is 3. The molecule has 5 atom stereocenters. The second-order valence-corrected chi connectivity index (χ2v) is 18.6. The van der Waals surface area contributed by atoms with Gasteiger partial charge in [-0.25, -0.2) is 9.97 Å². The molecule has 7 aromatic rings. The van der Waals surface area contributed by atoms with Crippen LogP contribution in [0.4, 0.5) is 0 Å². The van der Waals surface area contributed by atoms with Crippen LogP contribution in [0.1, 0.15) is 41.9 Å². The standard InChI is InChI=1S/C50H39N5S2/c1-50(2)39-27-29(28-57(52)47(51)42-21-9-19-40(53-42)35-17-7-13-30-11-3-5-15-32(30)35)23-24-34(39)37-25-26-38-44(46(37)50)45(38)49-55-48(56-49)43-22-10-20-41(54-43)36-18-8-14-31-12-4-6-16-33(31)36/h3-27,38,44-45,49,51-52H,28H2,1-2H3. The third-order valence-corrected chi connectivity index (χ3v) is 14.9. The van der Waals surface area contributed by atoms with Crippen molar-refractivity contribution in [2.45, 2.75) is 30.4 Å². The summed E-state index contributed by atoms with van der Waals surface area (Å²) in [6, 6.07) is 48.4. The predicted molar refractivity (Wildman–Crippen MR) is 239 cm³/mol. The van der Waals surface area contributed by atoms with Crippen LogP contribution in [0.5, 0.6) is 0 Å². The van der Waals surface area contributed by atoms with E-state index in [9.17, 15) is 0 Å². The first-order valence-corrected chi connectivity index (χ1v) is 21.8. The number of rotatable bonds is 7. The zero-order valence-corrected chi connectivity index (χ0v) is 33.2. The summed E-state index contributed by atoms with van der Waals surface area (Å²) in [6.45, 7) is 4.75. The van der Waals surface area contributed by atoms with E-state index in [0.717, 1.165) is 49.6 Å². The molecule has 7 heteroatoms. The number of thioether (sulfide) groups is 1. The minimum atomic E-state index is -1.06. The molecule has 1 aliphatic heterocycles. The third kappa shape index (κ3) is 5.62. The monoisotopic (exact) mass is 773 g/mol. The fourth-order valence-corrected chi connectivity index (χ4v) is 11.8. The summed E-state index contributed by atoms with van der Waals surface area (Å²) in [5, 5.41) is 15.3. The highest BCUT2D eigenvalue weighted by molar-refractivity contribution is 8.16. The molecule has 276 valence electrons. The third-order valence-electron chi connectivity index (χ3n) is 12.4. The van der Waals surface area contributed by atoms with Gasteiger partial charge in [-0.2, -0.15) is 0 Å². The maximum Gasteiger partial charge on any atom is 0.124 e. The number of pyridine rings is 2. The van der Waals surface area contributed by atoms with Crippen LogP contribution in [0, 0.1) is 27.9 Å². The van der Waals surface area contributed by atoms with Crippen LogP contribution in [0.15, 0.2) is 162 Å². The number of aromatic nitrogens is 2. The van der Waals surface area contributed by atoms with E-state index >= 15 is 0 Å². The molecule has 4 aliphatic rings. The molecule has 2 N–H and O–H groups in total. The number of benzene rings is 5. The molecular weight excluding hydrogens is 735 g/mol. The Labute approximate surface area is 339 Å². The summed E-state index contributed by atoms with van der Waals surface area (Å²) >= 11 is 1.88. The van der Waals surface area contributed by atoms with E-state index in [0.29, 0.717) is 29.2 Å². The number of fused-ring (bicyclic) bond motifs is 6. The van der Waals surface area contributed by atoms with Gasteiger partial charge < -0.3 is 0 Å². The summed E-state index contributed by atoms with van der Waals surface area (Å²) < 4.78 is 9.15. The molecule has 1 fully saturated rings. The number of allylic oxidation sites excluding steroid dienone is 4. The molecule has 1 saturated carbocycles. The van der Waals surface area contributed by atoms with Crippen molar-refractivity contribution in [2.75, 3.05) is 0 Å². The molecule has 11 rings (SSSR count). The molecule has 0 spiro atoms. The molecular formula is C50H39N5S2. The van der Waals surface area contributed by atoms with E-state index in [2.05, 4.69) is 135 Å². The van der Waals surface area contributed by atoms with E-state index in [1.54, 1.807) is 5.57 Å². The molecule has 5 unspecified atom stereocenters. The van der Waals surface area contributed by atoms with Crippen molar-refractivity contribution < 1.29 is 0 Å². The van der Waals surface area contributed by atoms with Gasteiger partial charge in [-0.1, -0.05) is 153 Å². The van der Waals surface area contributed by atoms with Gasteiger partial charge in [-0.15, -0.1) is 0 Å². The van der Waals surface area contributed by atoms with Crippen molar-refractivity contribution in [3.63, 3.8) is 0 Å². The maximum absolute atomic E-state index is 9.15. The molecule has 3 heterocycles. The predicted octanol–water partition coefficient (Wildman–Crippen LogP) is 12.0. The number of aliphatic imine (C=N–C) groups is 1. The average molecular weight is 774 g/mol. The Bertz CT molecular complexity index is 2970. The fraction of sp³-hybridized carbons (Fsp3) is 0.160. The second kappa shape index (κ2) is 13.2. The number of hydrogen-bond acceptors (Lipinski definition) is 6. The smallest absolute Gasteiger partial charge is 0.124 e. The lowest BCUT2D eigenvalue weighted by atomic mass is 9.77. The highest BCUT2D eigenvalue weighted by atomic mass is 32.2. The van der Waals surface area contributed by atoms with Gasteiger partial charge in [0, 0.05) is 28.2 Å². The first-order valence-electron chi connectivity index (χ1n) is 19.6. The molecule has 5 nitrogen and oxygen atoms in total. The first kappa shape index (κ1) is 34.5. The van der Waals surface area contributed by atoms with Gasteiger partial charge in [0.25, 0.3) is 0 Å². The van der Waals surface area contributed by atoms with E-state index in [1.165, 1.54) is 27.5 Å². The highest BCUT2D eigenvalue weighted by Gasteiger charge is 2.62. The van der Waals surface area contributed by atoms with Gasteiger partial charge in [-0.05, 0) is 96.2 Å². The maximum atomic E-state index is 9.15. The lowest BCUT2D eigenvalue weighted by molar-refractivity contribution is 0.575. The van der Waals surface area contributed by atoms with E-state index < -0.39 is 10.7 Å². The lowest BCUT2D eigenvalue weighted by Gasteiger charge is -2.28. The molecule has 0 saturated heterocycles. The van der Waals surface area contributed by atoms with Crippen molar-refractivity contribution >= 4 is 59.7 Å². The SMILES string of the molecule is CC1(C)C2=C(C=CC3C2C3C2N=C(c3cccc(-c4cccc5ccccc45)n3)S2)c2ccc(CS(=N)C(=N)c3cccc(-c4cccc5ccccc45)n3)cc21. The molecule has 0 amide bonds. The quantitative estimate of drug-likeness (QED) is 0.125. The number of nitrogens with one attached hydrogen (secondary N) is 2. The Hall–Kier alpha value is -5.76. The van der Waals surface area contributed by atoms with E-state index in [-0.39, 0.29) is 15.8 Å². The average Bonchev–Trinajstić information content (AvgIpc) is 3.89. The van der Waals surface area contributed by atoms with Crippen LogP contribution in [0.25, 0.3) is 49.6 Å². The Balaban J connectivity index is 0.802. The Morgan fingerprint density at radius 1 is 0.702 bits per heavy atom. The molecule has 0 radical (unpaired) electrons. The Morgan fingerprint density at radius 3 is 2.04 bits per heavy atom. The van der Waals surface area contributed by atoms with Gasteiger partial charge in [0.1, 0.15) is 15.5 Å². The first-order chi connectivity index (χ1) is 27.8. The van der Waals surface area contributed by atoms with Crippen molar-refractivity contribution in [1.82, 2.24) is 9.97 Å². The number of hydrogen-bond donors (Lipinski definition) is 2. The minimum absolute atomic E-state index is 0.124. The van der Waals surface area contributed by atoms with Crippen molar-refractivity contribution in [2.24, 2.45) is 22.7 Å². The second-order valence-electron chi connectivity index (χ2n) is 16.0. The van der Waals surface area contributed by atoms with Crippen LogP contribution in [0.3, 0.4) is 0 Å². The molecule has 3 aliphatic carbocycles. The minimum Gasteiger partial charge on any atom is -0.291 e. The van der Waals surface area contributed by atoms with Crippen molar-refractivity contribution in [3.8, 4) is 22.5 Å². The van der Waals surface area contributed by atoms with Crippen LogP contribution < -0.4 is 0 Å². The topological polar surface area (TPSA) is 85.8 Å². The van der Waals surface area contributed by atoms with Crippen LogP contribution in [-0.4, -0.2) is 25.4 Å². The highest BCUT2D eigenvalue weighted by Crippen LogP contribution is 2.67. The van der Waals surface area contributed by atoms with Gasteiger partial charge in [-0.3, -0.25) is 15.2 Å². The summed E-state index contributed by atoms with van der Waals surface area (Å²) in [7, 11) is -1.06. The van der Waals surface area contributed by atoms with Gasteiger partial charge >= 0.3 is 0 Å². The molecule has 5 aromatic carbocycles. The van der Waals surface area contributed by atoms with E-state index in [4.69, 9.17) is 25.1 Å². The zero-order chi connectivity index (χ0) is 38.4. The lowest BCUT2D eigenvalue weighted by Crippen LogP contribution is -2.24. The van der Waals surface area contributed by atoms with E-state index in [1.807, 2.05) is 42.1 Å². The van der Waals surface area contributed by atoms with Gasteiger partial charge in [0.15, 0.2) is 0 Å². The molecule has 0 bridgehead atoms. The van der Waals surface area contributed by atoms with Crippen molar-refractivity contribution in [3.05, 3.63) is 185 Å². The molecule has 2 aromatic heterocycles. The normalized spacial score (nSPS) is 21.7. The Kier molecular flexibility index (Phi) is 7.96. The zero-order valence-electron chi connectivity index (χ0n) is 31.6. The summed E-state index contributed by atoms with van der Waals surface area (Å²) in [5.41, 5.74) is 12.1. The van der Waals surface area contributed by atoms with Crippen molar-refractivity contribution in [1.29, 1.82) is 10.2 Å². The van der Waals surface area contributed by atoms with Crippen LogP contribution in [0.2, 0.25) is 0 Å². The van der Waals surface area contributed by atoms with Crippen LogP contribution in [-0.2, 0) is 21.9 Å². The van der Waals surface area contributed by atoms with Gasteiger partial charge in [0.2, 0.25) is 0 Å². The Morgan fingerprint density at radius 2 is 1.32 bits per heavy atom. The molecule has 57 heavy (non-hydrogen) atoms. The summed E-state index contributed by atoms with van der Waals surface area (Å²) in [4.78, 5) is 15.2. The van der Waals surface area contributed by atoms with Crippen LogP contribution >= 0.6 is 11.8 Å².